The van der Waals surface area contributed by atoms with Gasteiger partial charge in [-0.2, -0.15) is 15.6 Å². The summed E-state index contributed by atoms with van der Waals surface area (Å²) < 4.78 is 0. The van der Waals surface area contributed by atoms with E-state index >= 15 is 0 Å². The van der Waals surface area contributed by atoms with Crippen molar-refractivity contribution in [3.8, 4) is 12.1 Å². The van der Waals surface area contributed by atoms with Crippen molar-refractivity contribution in [3.63, 3.8) is 0 Å². The van der Waals surface area contributed by atoms with Gasteiger partial charge in [0.15, 0.2) is 0 Å². The summed E-state index contributed by atoms with van der Waals surface area (Å²) in [5.74, 6) is 0. The summed E-state index contributed by atoms with van der Waals surface area (Å²) in [7, 11) is 0. The van der Waals surface area contributed by atoms with Gasteiger partial charge in [0.25, 0.3) is 5.69 Å². The number of hydrogen-bond acceptors (Lipinski definition) is 7. The minimum absolute atomic E-state index is 0.0979. The van der Waals surface area contributed by atoms with E-state index in [1.165, 1.54) is 18.2 Å². The fourth-order valence-corrected chi connectivity index (χ4v) is 2.56. The van der Waals surface area contributed by atoms with Crippen LogP contribution in [-0.4, -0.2) is 22.9 Å². The maximum atomic E-state index is 10.8. The lowest BCUT2D eigenvalue weighted by atomic mass is 10.0. The van der Waals surface area contributed by atoms with Crippen molar-refractivity contribution >= 4 is 17.1 Å². The van der Waals surface area contributed by atoms with Crippen LogP contribution in [0.3, 0.4) is 0 Å². The topological polar surface area (TPSA) is 119 Å². The summed E-state index contributed by atoms with van der Waals surface area (Å²) >= 11 is 0. The minimum atomic E-state index is -0.518. The predicted molar refractivity (Wildman–Crippen MR) is 99.8 cm³/mol. The van der Waals surface area contributed by atoms with E-state index in [0.717, 1.165) is 18.7 Å². The number of nitrogens with zero attached hydrogens (tertiary/aromatic N) is 6. The van der Waals surface area contributed by atoms with Crippen LogP contribution in [0.5, 0.6) is 0 Å². The third kappa shape index (κ3) is 4.72. The van der Waals surface area contributed by atoms with E-state index in [1.807, 2.05) is 19.9 Å². The largest absolute Gasteiger partial charge is 0.300 e. The fraction of sp³-hybridized carbons (Fsp3) is 0.263. The van der Waals surface area contributed by atoms with E-state index in [1.54, 1.807) is 18.2 Å². The van der Waals surface area contributed by atoms with Crippen LogP contribution in [0.15, 0.2) is 46.6 Å². The van der Waals surface area contributed by atoms with Crippen LogP contribution in [0, 0.1) is 32.8 Å². The number of benzene rings is 2. The molecular weight excluding hydrogens is 344 g/mol. The first kappa shape index (κ1) is 19.7. The maximum Gasteiger partial charge on any atom is 0.271 e. The molecule has 8 heteroatoms. The average molecular weight is 362 g/mol. The smallest absolute Gasteiger partial charge is 0.271 e. The molecule has 136 valence electrons. The van der Waals surface area contributed by atoms with Gasteiger partial charge in [0.1, 0.15) is 17.8 Å². The molecule has 2 aromatic rings. The van der Waals surface area contributed by atoms with Crippen molar-refractivity contribution in [3.05, 3.63) is 63.2 Å². The van der Waals surface area contributed by atoms with Crippen LogP contribution < -0.4 is 0 Å². The molecule has 0 amide bonds. The molecule has 0 heterocycles. The first-order valence-corrected chi connectivity index (χ1v) is 8.38. The lowest BCUT2D eigenvalue weighted by Crippen LogP contribution is -2.22. The van der Waals surface area contributed by atoms with E-state index in [9.17, 15) is 20.6 Å². The Hall–Kier alpha value is -3.62. The summed E-state index contributed by atoms with van der Waals surface area (Å²) in [6.07, 6.45) is 0. The zero-order valence-electron chi connectivity index (χ0n) is 15.1. The molecule has 0 N–H and O–H groups in total. The van der Waals surface area contributed by atoms with E-state index in [-0.39, 0.29) is 22.5 Å². The van der Waals surface area contributed by atoms with Gasteiger partial charge in [0.05, 0.1) is 21.7 Å². The van der Waals surface area contributed by atoms with Crippen LogP contribution in [0.25, 0.3) is 0 Å². The molecule has 0 aliphatic carbocycles. The van der Waals surface area contributed by atoms with Gasteiger partial charge >= 0.3 is 0 Å². The molecular formula is C19H18N6O2. The molecule has 0 saturated carbocycles. The minimum Gasteiger partial charge on any atom is -0.300 e. The Bertz CT molecular complexity index is 952. The molecule has 0 bridgehead atoms. The summed E-state index contributed by atoms with van der Waals surface area (Å²) in [5.41, 5.74) is 1.63. The summed E-state index contributed by atoms with van der Waals surface area (Å²) in [6, 6.07) is 13.2. The van der Waals surface area contributed by atoms with Crippen molar-refractivity contribution in [1.29, 1.82) is 10.5 Å². The lowest BCUT2D eigenvalue weighted by Gasteiger charge is -2.19. The predicted octanol–water partition coefficient (Wildman–Crippen LogP) is 4.60. The van der Waals surface area contributed by atoms with Gasteiger partial charge in [-0.1, -0.05) is 26.0 Å². The second-order valence-electron chi connectivity index (χ2n) is 5.66. The second-order valence-corrected chi connectivity index (χ2v) is 5.66. The van der Waals surface area contributed by atoms with Crippen LogP contribution in [0.1, 0.15) is 30.5 Å². The molecule has 2 rings (SSSR count). The number of nitro groups is 1. The number of nitro benzene ring substituents is 1. The highest BCUT2D eigenvalue weighted by molar-refractivity contribution is 5.63. The van der Waals surface area contributed by atoms with Crippen molar-refractivity contribution < 1.29 is 4.92 Å². The molecule has 27 heavy (non-hydrogen) atoms. The SMILES string of the molecule is CCN(CC)Cc1ccc(N=Nc2cccc([N+](=O)[O-])c2)c(C#N)c1C#N. The number of non-ortho nitro benzene ring substituents is 1. The lowest BCUT2D eigenvalue weighted by molar-refractivity contribution is -0.384. The standard InChI is InChI=1S/C19H18N6O2/c1-3-24(4-2)13-14-8-9-19(18(12-21)17(14)11-20)23-22-15-6-5-7-16(10-15)25(26)27/h5-10H,3-4,13H2,1-2H3. The number of nitriles is 2. The number of hydrogen-bond donors (Lipinski definition) is 0. The van der Waals surface area contributed by atoms with Crippen molar-refractivity contribution in [1.82, 2.24) is 4.90 Å². The van der Waals surface area contributed by atoms with Crippen LogP contribution in [-0.2, 0) is 6.54 Å². The van der Waals surface area contributed by atoms with E-state index < -0.39 is 4.92 Å². The van der Waals surface area contributed by atoms with E-state index in [4.69, 9.17) is 0 Å². The Morgan fingerprint density at radius 3 is 2.37 bits per heavy atom. The van der Waals surface area contributed by atoms with Crippen molar-refractivity contribution in [2.75, 3.05) is 13.1 Å². The third-order valence-electron chi connectivity index (χ3n) is 4.10. The van der Waals surface area contributed by atoms with E-state index in [0.29, 0.717) is 12.2 Å². The van der Waals surface area contributed by atoms with Gasteiger partial charge in [-0.05, 0) is 30.8 Å². The summed E-state index contributed by atoms with van der Waals surface area (Å²) in [5, 5.41) is 37.9. The van der Waals surface area contributed by atoms with Crippen molar-refractivity contribution in [2.45, 2.75) is 20.4 Å². The maximum absolute atomic E-state index is 10.8. The Kier molecular flexibility index (Phi) is 6.70. The fourth-order valence-electron chi connectivity index (χ4n) is 2.56. The molecule has 0 aromatic heterocycles. The first-order chi connectivity index (χ1) is 13.0. The normalized spacial score (nSPS) is 10.7. The van der Waals surface area contributed by atoms with Gasteiger partial charge in [-0.3, -0.25) is 15.0 Å². The monoisotopic (exact) mass is 362 g/mol. The Morgan fingerprint density at radius 2 is 1.78 bits per heavy atom. The molecule has 0 radical (unpaired) electrons. The highest BCUT2D eigenvalue weighted by Crippen LogP contribution is 2.28. The molecule has 0 aliphatic rings. The first-order valence-electron chi connectivity index (χ1n) is 8.38. The number of azo groups is 1. The number of rotatable bonds is 7. The zero-order chi connectivity index (χ0) is 19.8. The average Bonchev–Trinajstić information content (AvgIpc) is 2.70. The van der Waals surface area contributed by atoms with Gasteiger partial charge < -0.3 is 0 Å². The summed E-state index contributed by atoms with van der Waals surface area (Å²) in [6.45, 7) is 6.28. The van der Waals surface area contributed by atoms with Crippen molar-refractivity contribution in [2.24, 2.45) is 10.2 Å². The summed E-state index contributed by atoms with van der Waals surface area (Å²) in [4.78, 5) is 12.5. The molecule has 0 unspecified atom stereocenters. The van der Waals surface area contributed by atoms with Crippen LogP contribution in [0.2, 0.25) is 0 Å². The van der Waals surface area contributed by atoms with Gasteiger partial charge in [-0.15, -0.1) is 5.11 Å². The molecule has 0 fully saturated rings. The molecule has 2 aromatic carbocycles. The Morgan fingerprint density at radius 1 is 1.07 bits per heavy atom. The molecule has 0 aliphatic heterocycles. The molecule has 0 atom stereocenters. The zero-order valence-corrected chi connectivity index (χ0v) is 15.1. The molecule has 8 nitrogen and oxygen atoms in total. The second kappa shape index (κ2) is 9.18. The van der Waals surface area contributed by atoms with Crippen LogP contribution >= 0.6 is 0 Å². The highest BCUT2D eigenvalue weighted by Gasteiger charge is 2.15. The van der Waals surface area contributed by atoms with Crippen LogP contribution in [0.4, 0.5) is 17.1 Å². The quantitative estimate of drug-likeness (QED) is 0.405. The van der Waals surface area contributed by atoms with Gasteiger partial charge in [-0.25, -0.2) is 0 Å². The molecule has 0 saturated heterocycles. The molecule has 0 spiro atoms. The third-order valence-corrected chi connectivity index (χ3v) is 4.10. The van der Waals surface area contributed by atoms with Gasteiger partial charge in [0, 0.05) is 18.7 Å². The van der Waals surface area contributed by atoms with Gasteiger partial charge in [0.2, 0.25) is 0 Å². The Labute approximate surface area is 157 Å². The Balaban J connectivity index is 2.41. The van der Waals surface area contributed by atoms with E-state index in [2.05, 4.69) is 21.2 Å². The highest BCUT2D eigenvalue weighted by atomic mass is 16.6.